The Morgan fingerprint density at radius 3 is 2.82 bits per heavy atom. The molecule has 1 aliphatic carbocycles. The van der Waals surface area contributed by atoms with Crippen molar-refractivity contribution in [3.63, 3.8) is 0 Å². The maximum atomic E-state index is 11.9. The lowest BCUT2D eigenvalue weighted by Crippen LogP contribution is -2.38. The summed E-state index contributed by atoms with van der Waals surface area (Å²) in [6.45, 7) is 2.51. The monoisotopic (exact) mass is 253 g/mol. The predicted molar refractivity (Wildman–Crippen MR) is 67.3 cm³/mol. The van der Waals surface area contributed by atoms with Crippen molar-refractivity contribution >= 4 is 17.5 Å². The normalized spacial score (nSPS) is 23.0. The fraction of sp³-hybridized carbons (Fsp3) is 0.462. The van der Waals surface area contributed by atoms with Gasteiger partial charge in [0, 0.05) is 17.1 Å². The first kappa shape index (κ1) is 12.4. The quantitative estimate of drug-likeness (QED) is 0.867. The second-order valence-corrected chi connectivity index (χ2v) is 5.10. The van der Waals surface area contributed by atoms with Gasteiger partial charge in [0.05, 0.1) is 6.10 Å². The van der Waals surface area contributed by atoms with Crippen LogP contribution < -0.4 is 5.32 Å². The van der Waals surface area contributed by atoms with E-state index in [1.54, 1.807) is 18.2 Å². The minimum atomic E-state index is -0.172. The summed E-state index contributed by atoms with van der Waals surface area (Å²) in [6.07, 6.45) is 1.41. The number of aryl methyl sites for hydroxylation is 1. The Morgan fingerprint density at radius 1 is 1.53 bits per heavy atom. The van der Waals surface area contributed by atoms with Crippen LogP contribution in [-0.2, 0) is 0 Å². The van der Waals surface area contributed by atoms with Crippen LogP contribution in [0.5, 0.6) is 0 Å². The Kier molecular flexibility index (Phi) is 3.69. The Bertz CT molecular complexity index is 427. The Balaban J connectivity index is 1.91. The van der Waals surface area contributed by atoms with E-state index >= 15 is 0 Å². The number of carbonyl (C=O) groups is 1. The van der Waals surface area contributed by atoms with Crippen molar-refractivity contribution in [1.29, 1.82) is 0 Å². The molecule has 2 rings (SSSR count). The van der Waals surface area contributed by atoms with Gasteiger partial charge in [-0.2, -0.15) is 0 Å². The summed E-state index contributed by atoms with van der Waals surface area (Å²) in [6, 6.07) is 5.24. The molecular weight excluding hydrogens is 238 g/mol. The predicted octanol–water partition coefficient (Wildman–Crippen LogP) is 2.15. The van der Waals surface area contributed by atoms with E-state index in [2.05, 4.69) is 5.32 Å². The Hall–Kier alpha value is -1.06. The molecule has 0 spiro atoms. The van der Waals surface area contributed by atoms with Crippen LogP contribution in [0.1, 0.15) is 28.8 Å². The highest BCUT2D eigenvalue weighted by Gasteiger charge is 2.27. The van der Waals surface area contributed by atoms with E-state index in [9.17, 15) is 4.79 Å². The molecule has 2 N–H and O–H groups in total. The van der Waals surface area contributed by atoms with Gasteiger partial charge in [-0.05, 0) is 49.4 Å². The Morgan fingerprint density at radius 2 is 2.24 bits per heavy atom. The number of aliphatic hydroxyl groups excluding tert-OH is 1. The van der Waals surface area contributed by atoms with E-state index in [1.807, 2.05) is 6.92 Å². The Labute approximate surface area is 106 Å². The van der Waals surface area contributed by atoms with Crippen molar-refractivity contribution in [2.45, 2.75) is 25.9 Å². The highest BCUT2D eigenvalue weighted by Crippen LogP contribution is 2.26. The second kappa shape index (κ2) is 5.07. The first-order chi connectivity index (χ1) is 8.06. The maximum Gasteiger partial charge on any atom is 0.251 e. The largest absolute Gasteiger partial charge is 0.393 e. The van der Waals surface area contributed by atoms with Gasteiger partial charge in [0.25, 0.3) is 5.91 Å². The smallest absolute Gasteiger partial charge is 0.251 e. The average molecular weight is 254 g/mol. The number of amides is 1. The lowest BCUT2D eigenvalue weighted by molar-refractivity contribution is 0.0420. The standard InChI is InChI=1S/C13H16ClNO2/c1-8-4-10(14)2-3-12(8)13(17)15-7-9-5-11(16)6-9/h2-4,9,11,16H,5-7H2,1H3,(H,15,17). The number of hydrogen-bond donors (Lipinski definition) is 2. The van der Waals surface area contributed by atoms with Crippen molar-refractivity contribution in [3.8, 4) is 0 Å². The third kappa shape index (κ3) is 2.99. The highest BCUT2D eigenvalue weighted by molar-refractivity contribution is 6.30. The van der Waals surface area contributed by atoms with E-state index < -0.39 is 0 Å². The molecule has 92 valence electrons. The van der Waals surface area contributed by atoms with Crippen molar-refractivity contribution in [2.24, 2.45) is 5.92 Å². The third-order valence-electron chi connectivity index (χ3n) is 3.20. The van der Waals surface area contributed by atoms with Gasteiger partial charge in [0.15, 0.2) is 0 Å². The highest BCUT2D eigenvalue weighted by atomic mass is 35.5. The molecule has 1 saturated carbocycles. The summed E-state index contributed by atoms with van der Waals surface area (Å²) in [5.41, 5.74) is 1.54. The van der Waals surface area contributed by atoms with Gasteiger partial charge >= 0.3 is 0 Å². The topological polar surface area (TPSA) is 49.3 Å². The molecule has 0 bridgehead atoms. The minimum Gasteiger partial charge on any atom is -0.393 e. The summed E-state index contributed by atoms with van der Waals surface area (Å²) in [4.78, 5) is 11.9. The number of carbonyl (C=O) groups excluding carboxylic acids is 1. The first-order valence-electron chi connectivity index (χ1n) is 5.78. The molecule has 0 unspecified atom stereocenters. The molecule has 4 heteroatoms. The number of halogens is 1. The number of rotatable bonds is 3. The molecule has 1 aromatic carbocycles. The molecule has 1 aliphatic rings. The van der Waals surface area contributed by atoms with Crippen molar-refractivity contribution in [3.05, 3.63) is 34.3 Å². The molecule has 0 saturated heterocycles. The zero-order valence-corrected chi connectivity index (χ0v) is 10.5. The second-order valence-electron chi connectivity index (χ2n) is 4.66. The first-order valence-corrected chi connectivity index (χ1v) is 6.16. The van der Waals surface area contributed by atoms with Gasteiger partial charge < -0.3 is 10.4 Å². The molecule has 1 fully saturated rings. The minimum absolute atomic E-state index is 0.0689. The molecule has 1 amide bonds. The van der Waals surface area contributed by atoms with Gasteiger partial charge in [-0.1, -0.05) is 11.6 Å². The summed E-state index contributed by atoms with van der Waals surface area (Å²) in [5, 5.41) is 12.7. The summed E-state index contributed by atoms with van der Waals surface area (Å²) in [5.74, 6) is 0.349. The van der Waals surface area contributed by atoms with E-state index in [0.29, 0.717) is 23.0 Å². The lowest BCUT2D eigenvalue weighted by Gasteiger charge is -2.31. The van der Waals surface area contributed by atoms with Gasteiger partial charge in [-0.25, -0.2) is 0 Å². The van der Waals surface area contributed by atoms with Crippen LogP contribution in [0.4, 0.5) is 0 Å². The van der Waals surface area contributed by atoms with Crippen molar-refractivity contribution < 1.29 is 9.90 Å². The van der Waals surface area contributed by atoms with Crippen molar-refractivity contribution in [2.75, 3.05) is 6.54 Å². The molecule has 0 aliphatic heterocycles. The molecule has 0 atom stereocenters. The summed E-state index contributed by atoms with van der Waals surface area (Å²) >= 11 is 5.84. The van der Waals surface area contributed by atoms with Crippen LogP contribution in [0.25, 0.3) is 0 Å². The van der Waals surface area contributed by atoms with Gasteiger partial charge in [-0.15, -0.1) is 0 Å². The van der Waals surface area contributed by atoms with Crippen LogP contribution in [-0.4, -0.2) is 23.7 Å². The number of aliphatic hydroxyl groups is 1. The van der Waals surface area contributed by atoms with E-state index in [-0.39, 0.29) is 12.0 Å². The number of hydrogen-bond acceptors (Lipinski definition) is 2. The third-order valence-corrected chi connectivity index (χ3v) is 3.43. The molecule has 17 heavy (non-hydrogen) atoms. The van der Waals surface area contributed by atoms with E-state index in [1.165, 1.54) is 0 Å². The summed E-state index contributed by atoms with van der Waals surface area (Å²) < 4.78 is 0. The van der Waals surface area contributed by atoms with E-state index in [4.69, 9.17) is 16.7 Å². The fourth-order valence-corrected chi connectivity index (χ4v) is 2.31. The number of benzene rings is 1. The average Bonchev–Trinajstić information content (AvgIpc) is 2.22. The zero-order chi connectivity index (χ0) is 12.4. The van der Waals surface area contributed by atoms with Crippen LogP contribution in [0.2, 0.25) is 5.02 Å². The molecular formula is C13H16ClNO2. The van der Waals surface area contributed by atoms with Gasteiger partial charge in [0.1, 0.15) is 0 Å². The zero-order valence-electron chi connectivity index (χ0n) is 9.74. The van der Waals surface area contributed by atoms with E-state index in [0.717, 1.165) is 18.4 Å². The van der Waals surface area contributed by atoms with Gasteiger partial charge in [0.2, 0.25) is 0 Å². The van der Waals surface area contributed by atoms with Crippen LogP contribution in [0, 0.1) is 12.8 Å². The lowest BCUT2D eigenvalue weighted by atomic mass is 9.82. The van der Waals surface area contributed by atoms with Crippen molar-refractivity contribution in [1.82, 2.24) is 5.32 Å². The summed E-state index contributed by atoms with van der Waals surface area (Å²) in [7, 11) is 0. The van der Waals surface area contributed by atoms with Crippen LogP contribution in [0.15, 0.2) is 18.2 Å². The van der Waals surface area contributed by atoms with Crippen LogP contribution in [0.3, 0.4) is 0 Å². The molecule has 0 aromatic heterocycles. The molecule has 1 aromatic rings. The molecule has 0 heterocycles. The maximum absolute atomic E-state index is 11.9. The molecule has 3 nitrogen and oxygen atoms in total. The van der Waals surface area contributed by atoms with Crippen LogP contribution >= 0.6 is 11.6 Å². The van der Waals surface area contributed by atoms with Gasteiger partial charge in [-0.3, -0.25) is 4.79 Å². The fourth-order valence-electron chi connectivity index (χ4n) is 2.08. The molecule has 0 radical (unpaired) electrons. The number of nitrogens with one attached hydrogen (secondary N) is 1. The SMILES string of the molecule is Cc1cc(Cl)ccc1C(=O)NCC1CC(O)C1.